The lowest BCUT2D eigenvalue weighted by Gasteiger charge is -2.34. The number of nitrogens with zero attached hydrogens (tertiary/aromatic N) is 2. The van der Waals surface area contributed by atoms with E-state index in [1.165, 1.54) is 23.1 Å². The minimum atomic E-state index is -0.616. The molecule has 1 heterocycles. The molecule has 1 aliphatic rings. The van der Waals surface area contributed by atoms with Crippen molar-refractivity contribution in [2.45, 2.75) is 6.04 Å². The quantitative estimate of drug-likeness (QED) is 0.395. The van der Waals surface area contributed by atoms with Crippen molar-refractivity contribution in [1.82, 2.24) is 4.90 Å². The van der Waals surface area contributed by atoms with E-state index in [1.807, 2.05) is 0 Å². The smallest absolute Gasteiger partial charge is 0.294 e. The number of aliphatic hydroxyl groups excluding tert-OH is 1. The second kappa shape index (κ2) is 6.48. The Morgan fingerprint density at radius 1 is 1.62 bits per heavy atom. The Hall–Kier alpha value is -2.23. The molecule has 2 rings (SSSR count). The Kier molecular flexibility index (Phi) is 4.68. The number of hydrazine groups is 1. The van der Waals surface area contributed by atoms with Gasteiger partial charge in [-0.05, 0) is 12.1 Å². The van der Waals surface area contributed by atoms with Crippen LogP contribution in [0.5, 0.6) is 0 Å². The summed E-state index contributed by atoms with van der Waals surface area (Å²) in [4.78, 5) is 24.2. The zero-order valence-electron chi connectivity index (χ0n) is 11.2. The third kappa shape index (κ3) is 3.10. The topological polar surface area (TPSA) is 131 Å². The van der Waals surface area contributed by atoms with E-state index in [0.717, 1.165) is 0 Å². The number of carbonyl (C=O) groups excluding carboxylic acids is 1. The number of hydrogen-bond donors (Lipinski definition) is 3. The van der Waals surface area contributed by atoms with Gasteiger partial charge >= 0.3 is 0 Å². The third-order valence-corrected chi connectivity index (χ3v) is 3.30. The van der Waals surface area contributed by atoms with E-state index in [0.29, 0.717) is 13.2 Å². The van der Waals surface area contributed by atoms with Gasteiger partial charge in [0.2, 0.25) is 0 Å². The van der Waals surface area contributed by atoms with Crippen molar-refractivity contribution >= 4 is 17.3 Å². The van der Waals surface area contributed by atoms with Gasteiger partial charge in [0.05, 0.1) is 30.8 Å². The molecule has 0 aliphatic carbocycles. The number of aliphatic hydroxyl groups is 1. The molecule has 21 heavy (non-hydrogen) atoms. The van der Waals surface area contributed by atoms with Crippen LogP contribution in [-0.4, -0.2) is 53.2 Å². The number of ether oxygens (including phenoxy) is 1. The Morgan fingerprint density at radius 2 is 2.38 bits per heavy atom. The fraction of sp³-hybridized carbons (Fsp3) is 0.417. The average molecular weight is 296 g/mol. The van der Waals surface area contributed by atoms with E-state index in [2.05, 4.69) is 5.43 Å². The molecule has 1 aromatic carbocycles. The number of hydrogen-bond acceptors (Lipinski definition) is 7. The van der Waals surface area contributed by atoms with E-state index in [-0.39, 0.29) is 36.1 Å². The maximum absolute atomic E-state index is 12.4. The summed E-state index contributed by atoms with van der Waals surface area (Å²) in [7, 11) is 0. The highest BCUT2D eigenvalue weighted by atomic mass is 16.6. The van der Waals surface area contributed by atoms with E-state index >= 15 is 0 Å². The van der Waals surface area contributed by atoms with Crippen LogP contribution < -0.4 is 11.3 Å². The lowest BCUT2D eigenvalue weighted by Crippen LogP contribution is -2.50. The summed E-state index contributed by atoms with van der Waals surface area (Å²) in [6.45, 7) is 0.713. The molecule has 1 amide bonds. The first-order chi connectivity index (χ1) is 10.1. The molecule has 4 N–H and O–H groups in total. The fourth-order valence-corrected chi connectivity index (χ4v) is 2.18. The van der Waals surface area contributed by atoms with Gasteiger partial charge in [0.15, 0.2) is 0 Å². The first-order valence-corrected chi connectivity index (χ1v) is 6.33. The van der Waals surface area contributed by atoms with Gasteiger partial charge < -0.3 is 20.2 Å². The summed E-state index contributed by atoms with van der Waals surface area (Å²) in [5.74, 6) is 4.82. The van der Waals surface area contributed by atoms with Gasteiger partial charge in [-0.2, -0.15) is 0 Å². The average Bonchev–Trinajstić information content (AvgIpc) is 2.53. The van der Waals surface area contributed by atoms with Crippen molar-refractivity contribution in [3.63, 3.8) is 0 Å². The molecule has 1 aromatic rings. The molecule has 1 fully saturated rings. The van der Waals surface area contributed by atoms with Crippen molar-refractivity contribution in [3.05, 3.63) is 33.9 Å². The number of benzene rings is 1. The van der Waals surface area contributed by atoms with Crippen molar-refractivity contribution in [2.24, 2.45) is 5.84 Å². The van der Waals surface area contributed by atoms with E-state index in [4.69, 9.17) is 10.6 Å². The Bertz CT molecular complexity index is 550. The molecule has 9 nitrogen and oxygen atoms in total. The van der Waals surface area contributed by atoms with Gasteiger partial charge in [0.1, 0.15) is 5.69 Å². The van der Waals surface area contributed by atoms with Crippen molar-refractivity contribution in [1.29, 1.82) is 0 Å². The van der Waals surface area contributed by atoms with Crippen LogP contribution in [0.4, 0.5) is 11.4 Å². The number of amides is 1. The molecule has 1 aliphatic heterocycles. The standard InChI is InChI=1S/C12H16N4O5/c13-14-10-2-1-8(5-11(10)16(19)20)12(18)15-3-4-21-7-9(15)6-17/h1-2,5,9,14,17H,3-4,6-7,13H2. The normalized spacial score (nSPS) is 18.4. The molecule has 0 bridgehead atoms. The second-order valence-corrected chi connectivity index (χ2v) is 4.54. The van der Waals surface area contributed by atoms with Crippen LogP contribution >= 0.6 is 0 Å². The van der Waals surface area contributed by atoms with Crippen LogP contribution in [0.15, 0.2) is 18.2 Å². The predicted molar refractivity (Wildman–Crippen MR) is 73.6 cm³/mol. The molecule has 0 saturated carbocycles. The SMILES string of the molecule is NNc1ccc(C(=O)N2CCOCC2CO)cc1[N+](=O)[O-]. The molecule has 1 saturated heterocycles. The van der Waals surface area contributed by atoms with Crippen LogP contribution in [0.3, 0.4) is 0 Å². The van der Waals surface area contributed by atoms with Crippen molar-refractivity contribution in [3.8, 4) is 0 Å². The molecule has 1 unspecified atom stereocenters. The number of morpholine rings is 1. The van der Waals surface area contributed by atoms with E-state index < -0.39 is 11.0 Å². The first-order valence-electron chi connectivity index (χ1n) is 6.33. The van der Waals surface area contributed by atoms with Crippen LogP contribution in [0.2, 0.25) is 0 Å². The minimum absolute atomic E-state index is 0.122. The maximum atomic E-state index is 12.4. The largest absolute Gasteiger partial charge is 0.394 e. The van der Waals surface area contributed by atoms with Crippen LogP contribution in [0.25, 0.3) is 0 Å². The summed E-state index contributed by atoms with van der Waals surface area (Å²) >= 11 is 0. The van der Waals surface area contributed by atoms with Crippen LogP contribution in [-0.2, 0) is 4.74 Å². The number of nitro groups is 1. The number of nitro benzene ring substituents is 1. The predicted octanol–water partition coefficient (Wildman–Crippen LogP) is -0.286. The molecular weight excluding hydrogens is 280 g/mol. The van der Waals surface area contributed by atoms with Gasteiger partial charge in [-0.3, -0.25) is 20.8 Å². The van der Waals surface area contributed by atoms with E-state index in [1.54, 1.807) is 0 Å². The lowest BCUT2D eigenvalue weighted by molar-refractivity contribution is -0.384. The zero-order valence-corrected chi connectivity index (χ0v) is 11.2. The molecule has 0 radical (unpaired) electrons. The molecule has 114 valence electrons. The zero-order chi connectivity index (χ0) is 15.4. The molecular formula is C12H16N4O5. The summed E-state index contributed by atoms with van der Waals surface area (Å²) in [6.07, 6.45) is 0. The second-order valence-electron chi connectivity index (χ2n) is 4.54. The molecule has 9 heteroatoms. The molecule has 1 atom stereocenters. The summed E-state index contributed by atoms with van der Waals surface area (Å²) in [5, 5.41) is 20.3. The summed E-state index contributed by atoms with van der Waals surface area (Å²) < 4.78 is 5.20. The minimum Gasteiger partial charge on any atom is -0.394 e. The fourth-order valence-electron chi connectivity index (χ4n) is 2.18. The molecule has 0 spiro atoms. The number of nitrogens with one attached hydrogen (secondary N) is 1. The number of nitrogens with two attached hydrogens (primary N) is 1. The third-order valence-electron chi connectivity index (χ3n) is 3.30. The highest BCUT2D eigenvalue weighted by molar-refractivity contribution is 5.96. The Balaban J connectivity index is 2.30. The summed E-state index contributed by atoms with van der Waals surface area (Å²) in [5.41, 5.74) is 2.23. The van der Waals surface area contributed by atoms with Gasteiger partial charge in [-0.15, -0.1) is 0 Å². The molecule has 0 aromatic heterocycles. The monoisotopic (exact) mass is 296 g/mol. The highest BCUT2D eigenvalue weighted by Crippen LogP contribution is 2.25. The van der Waals surface area contributed by atoms with Gasteiger partial charge in [-0.25, -0.2) is 0 Å². The first kappa shape index (κ1) is 15.2. The van der Waals surface area contributed by atoms with Gasteiger partial charge in [-0.1, -0.05) is 0 Å². The van der Waals surface area contributed by atoms with Crippen molar-refractivity contribution < 1.29 is 19.6 Å². The van der Waals surface area contributed by atoms with E-state index in [9.17, 15) is 20.0 Å². The number of nitrogen functional groups attached to an aromatic ring is 1. The maximum Gasteiger partial charge on any atom is 0.294 e. The summed E-state index contributed by atoms with van der Waals surface area (Å²) in [6, 6.07) is 3.55. The highest BCUT2D eigenvalue weighted by Gasteiger charge is 2.28. The number of carbonyl (C=O) groups is 1. The van der Waals surface area contributed by atoms with Crippen LogP contribution in [0.1, 0.15) is 10.4 Å². The Morgan fingerprint density at radius 3 is 3.00 bits per heavy atom. The van der Waals surface area contributed by atoms with Crippen molar-refractivity contribution in [2.75, 3.05) is 31.8 Å². The Labute approximate surface area is 120 Å². The van der Waals surface area contributed by atoms with Crippen LogP contribution in [0, 0.1) is 10.1 Å². The number of rotatable bonds is 4. The van der Waals surface area contributed by atoms with Gasteiger partial charge in [0.25, 0.3) is 11.6 Å². The van der Waals surface area contributed by atoms with Gasteiger partial charge in [0, 0.05) is 18.2 Å². The lowest BCUT2D eigenvalue weighted by atomic mass is 10.1. The number of anilines is 1.